The highest BCUT2D eigenvalue weighted by atomic mass is 16.5. The molecule has 2 aromatic carbocycles. The van der Waals surface area contributed by atoms with E-state index >= 15 is 0 Å². The van der Waals surface area contributed by atoms with Crippen LogP contribution in [-0.2, 0) is 9.59 Å². The smallest absolute Gasteiger partial charge is 0.276 e. The lowest BCUT2D eigenvalue weighted by Crippen LogP contribution is -2.43. The first-order valence-corrected chi connectivity index (χ1v) is 8.61. The number of carbonyl (C=O) groups excluding carboxylic acids is 3. The number of hydrazine groups is 1. The molecule has 27 heavy (non-hydrogen) atoms. The molecule has 2 aromatic rings. The van der Waals surface area contributed by atoms with E-state index in [1.54, 1.807) is 48.5 Å². The van der Waals surface area contributed by atoms with Crippen LogP contribution in [0.2, 0.25) is 0 Å². The molecule has 0 atom stereocenters. The molecule has 2 rings (SSSR count). The predicted molar refractivity (Wildman–Crippen MR) is 102 cm³/mol. The number of hydrogen-bond acceptors (Lipinski definition) is 4. The normalized spacial score (nSPS) is 10.2. The third-order valence-corrected chi connectivity index (χ3v) is 3.45. The molecule has 0 saturated carbocycles. The van der Waals surface area contributed by atoms with Crippen molar-refractivity contribution >= 4 is 23.4 Å². The first-order chi connectivity index (χ1) is 12.9. The van der Waals surface area contributed by atoms with Crippen LogP contribution >= 0.6 is 0 Å². The molecule has 7 heteroatoms. The van der Waals surface area contributed by atoms with Gasteiger partial charge in [-0.05, 0) is 42.3 Å². The van der Waals surface area contributed by atoms with E-state index < -0.39 is 11.8 Å². The van der Waals surface area contributed by atoms with E-state index in [-0.39, 0.29) is 18.4 Å². The lowest BCUT2D eigenvalue weighted by Gasteiger charge is -2.10. The van der Waals surface area contributed by atoms with Crippen LogP contribution in [0.3, 0.4) is 0 Å². The molecule has 0 heterocycles. The van der Waals surface area contributed by atoms with Gasteiger partial charge in [-0.2, -0.15) is 0 Å². The van der Waals surface area contributed by atoms with Crippen molar-refractivity contribution < 1.29 is 19.1 Å². The number of anilines is 1. The van der Waals surface area contributed by atoms with Crippen LogP contribution < -0.4 is 20.9 Å². The van der Waals surface area contributed by atoms with E-state index in [0.29, 0.717) is 23.4 Å². The van der Waals surface area contributed by atoms with E-state index in [1.807, 2.05) is 19.9 Å². The Hall–Kier alpha value is -3.35. The Kier molecular flexibility index (Phi) is 7.37. The van der Waals surface area contributed by atoms with E-state index in [4.69, 9.17) is 4.74 Å². The number of amides is 3. The summed E-state index contributed by atoms with van der Waals surface area (Å²) in [5, 5.41) is 2.77. The SMILES string of the molecule is CC(C)CC(=O)Nc1ccc(C(=O)NNC(=O)COc2ccccc2)cc1. The first kappa shape index (κ1) is 20.0. The monoisotopic (exact) mass is 369 g/mol. The lowest BCUT2D eigenvalue weighted by atomic mass is 10.1. The number of rotatable bonds is 7. The van der Waals surface area contributed by atoms with Crippen LogP contribution in [0.4, 0.5) is 5.69 Å². The van der Waals surface area contributed by atoms with Gasteiger partial charge in [-0.3, -0.25) is 25.2 Å². The van der Waals surface area contributed by atoms with Crippen LogP contribution in [0, 0.1) is 5.92 Å². The second-order valence-electron chi connectivity index (χ2n) is 6.33. The molecule has 142 valence electrons. The zero-order valence-corrected chi connectivity index (χ0v) is 15.3. The second-order valence-corrected chi connectivity index (χ2v) is 6.33. The molecular weight excluding hydrogens is 346 g/mol. The second kappa shape index (κ2) is 9.96. The molecule has 0 unspecified atom stereocenters. The Balaban J connectivity index is 1.76. The maximum atomic E-state index is 12.0. The fourth-order valence-electron chi connectivity index (χ4n) is 2.19. The van der Waals surface area contributed by atoms with Crippen LogP contribution in [0.1, 0.15) is 30.6 Å². The molecule has 0 fully saturated rings. The van der Waals surface area contributed by atoms with Gasteiger partial charge in [0.15, 0.2) is 6.61 Å². The third kappa shape index (κ3) is 7.19. The maximum Gasteiger partial charge on any atom is 0.276 e. The van der Waals surface area contributed by atoms with Gasteiger partial charge in [-0.1, -0.05) is 32.0 Å². The molecule has 0 saturated heterocycles. The summed E-state index contributed by atoms with van der Waals surface area (Å²) in [6.45, 7) is 3.71. The van der Waals surface area contributed by atoms with Gasteiger partial charge in [0.1, 0.15) is 5.75 Å². The highest BCUT2D eigenvalue weighted by Gasteiger charge is 2.09. The molecule has 7 nitrogen and oxygen atoms in total. The number of ether oxygens (including phenoxy) is 1. The topological polar surface area (TPSA) is 96.5 Å². The number of hydrogen-bond donors (Lipinski definition) is 3. The third-order valence-electron chi connectivity index (χ3n) is 3.45. The minimum absolute atomic E-state index is 0.0760. The fourth-order valence-corrected chi connectivity index (χ4v) is 2.19. The van der Waals surface area contributed by atoms with Gasteiger partial charge in [0, 0.05) is 17.7 Å². The standard InChI is InChI=1S/C20H23N3O4/c1-14(2)12-18(24)21-16-10-8-15(9-11-16)20(26)23-22-19(25)13-27-17-6-4-3-5-7-17/h3-11,14H,12-13H2,1-2H3,(H,21,24)(H,22,25)(H,23,26). The van der Waals surface area contributed by atoms with Crippen LogP contribution in [0.5, 0.6) is 5.75 Å². The highest BCUT2D eigenvalue weighted by molar-refractivity contribution is 5.96. The molecular formula is C20H23N3O4. The molecule has 0 aromatic heterocycles. The number of carbonyl (C=O) groups is 3. The Morgan fingerprint density at radius 1 is 0.889 bits per heavy atom. The van der Waals surface area contributed by atoms with Gasteiger partial charge in [0.05, 0.1) is 0 Å². The quantitative estimate of drug-likeness (QED) is 0.654. The van der Waals surface area contributed by atoms with Gasteiger partial charge in [-0.15, -0.1) is 0 Å². The Bertz CT molecular complexity index is 774. The van der Waals surface area contributed by atoms with Gasteiger partial charge < -0.3 is 10.1 Å². The van der Waals surface area contributed by atoms with Gasteiger partial charge in [0.2, 0.25) is 5.91 Å². The minimum Gasteiger partial charge on any atom is -0.484 e. The molecule has 3 N–H and O–H groups in total. The lowest BCUT2D eigenvalue weighted by molar-refractivity contribution is -0.123. The summed E-state index contributed by atoms with van der Waals surface area (Å²) in [7, 11) is 0. The van der Waals surface area contributed by atoms with Crippen molar-refractivity contribution in [1.82, 2.24) is 10.9 Å². The van der Waals surface area contributed by atoms with Crippen molar-refractivity contribution in [3.05, 3.63) is 60.2 Å². The summed E-state index contributed by atoms with van der Waals surface area (Å²) in [6, 6.07) is 15.3. The molecule has 0 bridgehead atoms. The summed E-state index contributed by atoms with van der Waals surface area (Å²) in [5.74, 6) is -0.195. The Labute approximate surface area is 158 Å². The van der Waals surface area contributed by atoms with Crippen LogP contribution in [0.15, 0.2) is 54.6 Å². The number of benzene rings is 2. The molecule has 0 radical (unpaired) electrons. The Morgan fingerprint density at radius 3 is 2.19 bits per heavy atom. The average molecular weight is 369 g/mol. The maximum absolute atomic E-state index is 12.0. The van der Waals surface area contributed by atoms with Crippen LogP contribution in [-0.4, -0.2) is 24.3 Å². The van der Waals surface area contributed by atoms with Gasteiger partial charge >= 0.3 is 0 Å². The molecule has 0 aliphatic rings. The summed E-state index contributed by atoms with van der Waals surface area (Å²) >= 11 is 0. The van der Waals surface area contributed by atoms with Crippen molar-refractivity contribution in [2.24, 2.45) is 5.92 Å². The zero-order valence-electron chi connectivity index (χ0n) is 15.3. The van der Waals surface area contributed by atoms with Crippen molar-refractivity contribution in [2.45, 2.75) is 20.3 Å². The summed E-state index contributed by atoms with van der Waals surface area (Å²) in [4.78, 5) is 35.5. The summed E-state index contributed by atoms with van der Waals surface area (Å²) < 4.78 is 5.28. The Morgan fingerprint density at radius 2 is 1.56 bits per heavy atom. The van der Waals surface area contributed by atoms with Crippen molar-refractivity contribution in [3.63, 3.8) is 0 Å². The predicted octanol–water partition coefficient (Wildman–Crippen LogP) is 2.51. The summed E-state index contributed by atoms with van der Waals surface area (Å²) in [6.07, 6.45) is 0.430. The van der Waals surface area contributed by atoms with E-state index in [0.717, 1.165) is 0 Å². The highest BCUT2D eigenvalue weighted by Crippen LogP contribution is 2.11. The van der Waals surface area contributed by atoms with Crippen molar-refractivity contribution in [1.29, 1.82) is 0 Å². The zero-order chi connectivity index (χ0) is 19.6. The van der Waals surface area contributed by atoms with E-state index in [9.17, 15) is 14.4 Å². The van der Waals surface area contributed by atoms with E-state index in [1.165, 1.54) is 0 Å². The first-order valence-electron chi connectivity index (χ1n) is 8.61. The molecule has 0 aliphatic heterocycles. The van der Waals surface area contributed by atoms with Gasteiger partial charge in [-0.25, -0.2) is 0 Å². The van der Waals surface area contributed by atoms with E-state index in [2.05, 4.69) is 16.2 Å². The number of para-hydroxylation sites is 1. The van der Waals surface area contributed by atoms with Crippen molar-refractivity contribution in [3.8, 4) is 5.75 Å². The molecule has 0 spiro atoms. The number of nitrogens with one attached hydrogen (secondary N) is 3. The molecule has 0 aliphatic carbocycles. The summed E-state index contributed by atoms with van der Waals surface area (Å²) in [5.41, 5.74) is 5.56. The largest absolute Gasteiger partial charge is 0.484 e. The average Bonchev–Trinajstić information content (AvgIpc) is 2.65. The fraction of sp³-hybridized carbons (Fsp3) is 0.250. The van der Waals surface area contributed by atoms with Crippen molar-refractivity contribution in [2.75, 3.05) is 11.9 Å². The van der Waals surface area contributed by atoms with Gasteiger partial charge in [0.25, 0.3) is 11.8 Å². The minimum atomic E-state index is -0.482. The molecule has 3 amide bonds. The van der Waals surface area contributed by atoms with Crippen LogP contribution in [0.25, 0.3) is 0 Å².